The number of nitrogens with zero attached hydrogens (tertiary/aromatic N) is 2. The molecule has 16 heavy (non-hydrogen) atoms. The minimum atomic E-state index is 0.0358. The highest BCUT2D eigenvalue weighted by atomic mass is 35.5. The van der Waals surface area contributed by atoms with Gasteiger partial charge >= 0.3 is 0 Å². The average molecular weight is 243 g/mol. The summed E-state index contributed by atoms with van der Waals surface area (Å²) in [5.74, 6) is 1.14. The molecule has 88 valence electrons. The van der Waals surface area contributed by atoms with Crippen molar-refractivity contribution in [2.75, 3.05) is 30.8 Å². The smallest absolute Gasteiger partial charge is 0.224 e. The van der Waals surface area contributed by atoms with Crippen LogP contribution in [0.15, 0.2) is 6.20 Å². The van der Waals surface area contributed by atoms with Gasteiger partial charge in [0.1, 0.15) is 5.02 Å². The second kappa shape index (κ2) is 4.43. The Morgan fingerprint density at radius 2 is 2.31 bits per heavy atom. The van der Waals surface area contributed by atoms with Crippen LogP contribution in [0.2, 0.25) is 5.02 Å². The summed E-state index contributed by atoms with van der Waals surface area (Å²) in [6, 6.07) is 0. The van der Waals surface area contributed by atoms with Gasteiger partial charge in [-0.3, -0.25) is 0 Å². The zero-order valence-electron chi connectivity index (χ0n) is 9.13. The number of rotatable bonds is 5. The molecule has 0 aromatic carbocycles. The number of halogens is 1. The first-order valence-electron chi connectivity index (χ1n) is 5.24. The second-order valence-corrected chi connectivity index (χ2v) is 4.56. The van der Waals surface area contributed by atoms with E-state index in [2.05, 4.69) is 20.6 Å². The molecule has 1 heterocycles. The van der Waals surface area contributed by atoms with Crippen molar-refractivity contribution in [2.24, 2.45) is 5.41 Å². The molecular weight excluding hydrogens is 228 g/mol. The average Bonchev–Trinajstić information content (AvgIpc) is 3.09. The Labute approximate surface area is 99.3 Å². The molecular formula is C10H15ClN4O. The van der Waals surface area contributed by atoms with E-state index in [1.165, 1.54) is 0 Å². The summed E-state index contributed by atoms with van der Waals surface area (Å²) in [4.78, 5) is 8.20. The van der Waals surface area contributed by atoms with E-state index in [0.29, 0.717) is 23.3 Å². The van der Waals surface area contributed by atoms with E-state index in [9.17, 15) is 5.11 Å². The predicted octanol–water partition coefficient (Wildman–Crippen LogP) is 1.36. The van der Waals surface area contributed by atoms with Crippen LogP contribution in [0, 0.1) is 5.41 Å². The zero-order chi connectivity index (χ0) is 11.6. The number of hydrogen-bond acceptors (Lipinski definition) is 5. The van der Waals surface area contributed by atoms with Crippen LogP contribution in [0.4, 0.5) is 11.8 Å². The minimum absolute atomic E-state index is 0.0358. The molecule has 0 aliphatic heterocycles. The number of aliphatic hydroxyl groups excluding tert-OH is 1. The van der Waals surface area contributed by atoms with Gasteiger partial charge in [-0.1, -0.05) is 11.6 Å². The van der Waals surface area contributed by atoms with Crippen molar-refractivity contribution in [3.8, 4) is 0 Å². The summed E-state index contributed by atoms with van der Waals surface area (Å²) in [7, 11) is 1.75. The van der Waals surface area contributed by atoms with Gasteiger partial charge in [0.15, 0.2) is 5.82 Å². The molecule has 1 aromatic rings. The predicted molar refractivity (Wildman–Crippen MR) is 63.8 cm³/mol. The van der Waals surface area contributed by atoms with E-state index in [1.807, 2.05) is 0 Å². The van der Waals surface area contributed by atoms with Crippen LogP contribution in [0.1, 0.15) is 12.8 Å². The quantitative estimate of drug-likeness (QED) is 0.727. The number of anilines is 2. The van der Waals surface area contributed by atoms with Gasteiger partial charge in [-0.25, -0.2) is 4.98 Å². The number of hydrogen-bond donors (Lipinski definition) is 3. The minimum Gasteiger partial charge on any atom is -0.396 e. The first-order chi connectivity index (χ1) is 7.69. The Bertz CT molecular complexity index is 381. The van der Waals surface area contributed by atoms with Crippen molar-refractivity contribution in [2.45, 2.75) is 12.8 Å². The maximum atomic E-state index is 9.19. The third kappa shape index (κ3) is 2.36. The molecule has 2 rings (SSSR count). The first kappa shape index (κ1) is 11.4. The largest absolute Gasteiger partial charge is 0.396 e. The van der Waals surface area contributed by atoms with Gasteiger partial charge in [0.2, 0.25) is 5.95 Å². The number of aliphatic hydroxyl groups is 1. The van der Waals surface area contributed by atoms with Gasteiger partial charge in [-0.2, -0.15) is 4.98 Å². The summed E-state index contributed by atoms with van der Waals surface area (Å²) in [5, 5.41) is 15.7. The molecule has 1 fully saturated rings. The van der Waals surface area contributed by atoms with Crippen molar-refractivity contribution < 1.29 is 5.11 Å². The maximum absolute atomic E-state index is 9.19. The van der Waals surface area contributed by atoms with Crippen molar-refractivity contribution in [3.05, 3.63) is 11.2 Å². The number of aromatic nitrogens is 2. The van der Waals surface area contributed by atoms with E-state index in [4.69, 9.17) is 11.6 Å². The summed E-state index contributed by atoms with van der Waals surface area (Å²) in [5.41, 5.74) is 0.0358. The Kier molecular flexibility index (Phi) is 3.16. The molecule has 0 bridgehead atoms. The van der Waals surface area contributed by atoms with E-state index < -0.39 is 0 Å². The van der Waals surface area contributed by atoms with Crippen LogP contribution < -0.4 is 10.6 Å². The molecule has 3 N–H and O–H groups in total. The third-order valence-electron chi connectivity index (χ3n) is 2.89. The standard InChI is InChI=1S/C10H15ClN4O/c1-12-9-13-4-7(11)8(15-9)14-5-10(6-16)2-3-10/h4,16H,2-3,5-6H2,1H3,(H2,12,13,14,15). The van der Waals surface area contributed by atoms with E-state index in [1.54, 1.807) is 13.2 Å². The topological polar surface area (TPSA) is 70.1 Å². The van der Waals surface area contributed by atoms with Crippen molar-refractivity contribution >= 4 is 23.4 Å². The van der Waals surface area contributed by atoms with Crippen LogP contribution in [0.25, 0.3) is 0 Å². The maximum Gasteiger partial charge on any atom is 0.224 e. The van der Waals surface area contributed by atoms with Crippen LogP contribution >= 0.6 is 11.6 Å². The third-order valence-corrected chi connectivity index (χ3v) is 3.17. The van der Waals surface area contributed by atoms with Gasteiger partial charge in [0, 0.05) is 19.0 Å². The highest BCUT2D eigenvalue weighted by Gasteiger charge is 2.41. The van der Waals surface area contributed by atoms with Crippen molar-refractivity contribution in [1.82, 2.24) is 9.97 Å². The van der Waals surface area contributed by atoms with E-state index in [0.717, 1.165) is 12.8 Å². The molecule has 0 spiro atoms. The van der Waals surface area contributed by atoms with Crippen LogP contribution in [0.3, 0.4) is 0 Å². The first-order valence-corrected chi connectivity index (χ1v) is 5.62. The molecule has 0 radical (unpaired) electrons. The summed E-state index contributed by atoms with van der Waals surface area (Å²) < 4.78 is 0. The zero-order valence-corrected chi connectivity index (χ0v) is 9.88. The highest BCUT2D eigenvalue weighted by Crippen LogP contribution is 2.45. The van der Waals surface area contributed by atoms with Gasteiger partial charge in [-0.15, -0.1) is 0 Å². The fraction of sp³-hybridized carbons (Fsp3) is 0.600. The molecule has 6 heteroatoms. The second-order valence-electron chi connectivity index (χ2n) is 4.15. The Morgan fingerprint density at radius 1 is 1.56 bits per heavy atom. The van der Waals surface area contributed by atoms with Gasteiger partial charge in [0.05, 0.1) is 12.8 Å². The fourth-order valence-corrected chi connectivity index (χ4v) is 1.61. The molecule has 0 amide bonds. The lowest BCUT2D eigenvalue weighted by Gasteiger charge is -2.14. The lowest BCUT2D eigenvalue weighted by atomic mass is 10.1. The molecule has 0 atom stereocenters. The Hall–Kier alpha value is -1.07. The molecule has 0 unspecified atom stereocenters. The fourth-order valence-electron chi connectivity index (χ4n) is 1.45. The highest BCUT2D eigenvalue weighted by molar-refractivity contribution is 6.32. The molecule has 1 aliphatic carbocycles. The van der Waals surface area contributed by atoms with E-state index >= 15 is 0 Å². The monoisotopic (exact) mass is 242 g/mol. The van der Waals surface area contributed by atoms with Gasteiger partial charge in [0.25, 0.3) is 0 Å². The van der Waals surface area contributed by atoms with Crippen LogP contribution in [-0.4, -0.2) is 35.3 Å². The summed E-state index contributed by atoms with van der Waals surface area (Å²) >= 11 is 5.97. The van der Waals surface area contributed by atoms with Crippen LogP contribution in [-0.2, 0) is 0 Å². The summed E-state index contributed by atoms with van der Waals surface area (Å²) in [6.45, 7) is 0.908. The van der Waals surface area contributed by atoms with Crippen molar-refractivity contribution in [3.63, 3.8) is 0 Å². The molecule has 0 saturated heterocycles. The summed E-state index contributed by atoms with van der Waals surface area (Å²) in [6.07, 6.45) is 3.66. The Balaban J connectivity index is 2.03. The lowest BCUT2D eigenvalue weighted by molar-refractivity contribution is 0.219. The molecule has 1 aliphatic rings. The van der Waals surface area contributed by atoms with Gasteiger partial charge in [-0.05, 0) is 12.8 Å². The van der Waals surface area contributed by atoms with E-state index in [-0.39, 0.29) is 12.0 Å². The number of nitrogens with one attached hydrogen (secondary N) is 2. The lowest BCUT2D eigenvalue weighted by Crippen LogP contribution is -2.20. The van der Waals surface area contributed by atoms with Crippen LogP contribution in [0.5, 0.6) is 0 Å². The van der Waals surface area contributed by atoms with Gasteiger partial charge < -0.3 is 15.7 Å². The van der Waals surface area contributed by atoms with Crippen molar-refractivity contribution in [1.29, 1.82) is 0 Å². The Morgan fingerprint density at radius 3 is 2.88 bits per heavy atom. The normalized spacial score (nSPS) is 16.9. The molecule has 1 saturated carbocycles. The molecule has 1 aromatic heterocycles. The SMILES string of the molecule is CNc1ncc(Cl)c(NCC2(CO)CC2)n1. The molecule has 5 nitrogen and oxygen atoms in total.